The highest BCUT2D eigenvalue weighted by atomic mass is 35.5. The molecule has 0 aliphatic rings. The SMILES string of the molecule is CC(N)Cc1cccc(Cl)c1OCCc1ccsc1. The molecule has 0 aliphatic heterocycles. The van der Waals surface area contributed by atoms with Gasteiger partial charge in [0.15, 0.2) is 0 Å². The van der Waals surface area contributed by atoms with Crippen molar-refractivity contribution in [3.8, 4) is 5.75 Å². The van der Waals surface area contributed by atoms with Gasteiger partial charge in [-0.25, -0.2) is 0 Å². The van der Waals surface area contributed by atoms with Gasteiger partial charge < -0.3 is 10.5 Å². The van der Waals surface area contributed by atoms with Crippen LogP contribution in [0.2, 0.25) is 5.02 Å². The minimum Gasteiger partial charge on any atom is -0.491 e. The molecule has 0 bridgehead atoms. The average Bonchev–Trinajstić information content (AvgIpc) is 2.85. The third-order valence-corrected chi connectivity index (χ3v) is 3.84. The number of nitrogens with two attached hydrogens (primary N) is 1. The van der Waals surface area contributed by atoms with Crippen LogP contribution in [0.5, 0.6) is 5.75 Å². The van der Waals surface area contributed by atoms with Crippen LogP contribution in [-0.2, 0) is 12.8 Å². The average molecular weight is 296 g/mol. The van der Waals surface area contributed by atoms with Gasteiger partial charge in [0.05, 0.1) is 11.6 Å². The fraction of sp³-hybridized carbons (Fsp3) is 0.333. The van der Waals surface area contributed by atoms with Gasteiger partial charge in [-0.3, -0.25) is 0 Å². The second-order valence-corrected chi connectivity index (χ2v) is 5.83. The van der Waals surface area contributed by atoms with Gasteiger partial charge in [-0.1, -0.05) is 23.7 Å². The molecule has 2 aromatic rings. The second kappa shape index (κ2) is 6.94. The fourth-order valence-electron chi connectivity index (χ4n) is 1.93. The maximum Gasteiger partial charge on any atom is 0.141 e. The van der Waals surface area contributed by atoms with Gasteiger partial charge in [0, 0.05) is 12.5 Å². The highest BCUT2D eigenvalue weighted by Gasteiger charge is 2.10. The molecular formula is C15H18ClNOS. The number of rotatable bonds is 6. The number of para-hydroxylation sites is 1. The minimum absolute atomic E-state index is 0.0951. The number of benzene rings is 1. The Balaban J connectivity index is 2.01. The molecule has 102 valence electrons. The van der Waals surface area contributed by atoms with Crippen molar-refractivity contribution in [1.29, 1.82) is 0 Å². The Kier molecular flexibility index (Phi) is 5.25. The number of halogens is 1. The van der Waals surface area contributed by atoms with E-state index in [0.717, 1.165) is 24.2 Å². The zero-order chi connectivity index (χ0) is 13.7. The van der Waals surface area contributed by atoms with E-state index in [0.29, 0.717) is 11.6 Å². The van der Waals surface area contributed by atoms with Crippen LogP contribution in [0, 0.1) is 0 Å². The van der Waals surface area contributed by atoms with E-state index in [4.69, 9.17) is 22.1 Å². The predicted octanol–water partition coefficient (Wildman–Crippen LogP) is 3.91. The Morgan fingerprint density at radius 2 is 2.21 bits per heavy atom. The second-order valence-electron chi connectivity index (χ2n) is 4.64. The van der Waals surface area contributed by atoms with Crippen LogP contribution in [-0.4, -0.2) is 12.6 Å². The lowest BCUT2D eigenvalue weighted by molar-refractivity contribution is 0.318. The van der Waals surface area contributed by atoms with Crippen molar-refractivity contribution in [1.82, 2.24) is 0 Å². The Morgan fingerprint density at radius 1 is 1.37 bits per heavy atom. The van der Waals surface area contributed by atoms with E-state index < -0.39 is 0 Å². The highest BCUT2D eigenvalue weighted by molar-refractivity contribution is 7.07. The maximum absolute atomic E-state index is 6.21. The van der Waals surface area contributed by atoms with Crippen LogP contribution in [0.15, 0.2) is 35.0 Å². The molecule has 0 saturated carbocycles. The summed E-state index contributed by atoms with van der Waals surface area (Å²) in [5.41, 5.74) is 8.23. The van der Waals surface area contributed by atoms with Crippen LogP contribution in [0.1, 0.15) is 18.1 Å². The smallest absolute Gasteiger partial charge is 0.141 e. The van der Waals surface area contributed by atoms with Crippen LogP contribution < -0.4 is 10.5 Å². The normalized spacial score (nSPS) is 12.4. The van der Waals surface area contributed by atoms with Gasteiger partial charge in [-0.2, -0.15) is 11.3 Å². The van der Waals surface area contributed by atoms with Crippen LogP contribution in [0.3, 0.4) is 0 Å². The first-order valence-electron chi connectivity index (χ1n) is 6.33. The van der Waals surface area contributed by atoms with E-state index in [2.05, 4.69) is 16.8 Å². The molecule has 0 aliphatic carbocycles. The number of thiophene rings is 1. The zero-order valence-corrected chi connectivity index (χ0v) is 12.5. The van der Waals surface area contributed by atoms with E-state index in [9.17, 15) is 0 Å². The molecular weight excluding hydrogens is 278 g/mol. The lowest BCUT2D eigenvalue weighted by Gasteiger charge is -2.14. The third-order valence-electron chi connectivity index (χ3n) is 2.81. The Bertz CT molecular complexity index is 511. The molecule has 0 radical (unpaired) electrons. The van der Waals surface area contributed by atoms with Crippen LogP contribution in [0.4, 0.5) is 0 Å². The minimum atomic E-state index is 0.0951. The molecule has 0 saturated heterocycles. The highest BCUT2D eigenvalue weighted by Crippen LogP contribution is 2.29. The van der Waals surface area contributed by atoms with Gasteiger partial charge in [0.2, 0.25) is 0 Å². The van der Waals surface area contributed by atoms with Gasteiger partial charge in [-0.05, 0) is 47.4 Å². The van der Waals surface area contributed by atoms with Crippen molar-refractivity contribution in [2.75, 3.05) is 6.61 Å². The Hall–Kier alpha value is -1.03. The topological polar surface area (TPSA) is 35.2 Å². The molecule has 4 heteroatoms. The maximum atomic E-state index is 6.21. The molecule has 0 fully saturated rings. The first-order chi connectivity index (χ1) is 9.16. The molecule has 1 heterocycles. The lowest BCUT2D eigenvalue weighted by atomic mass is 10.1. The molecule has 0 spiro atoms. The summed E-state index contributed by atoms with van der Waals surface area (Å²) in [6, 6.07) is 8.02. The monoisotopic (exact) mass is 295 g/mol. The van der Waals surface area contributed by atoms with E-state index >= 15 is 0 Å². The summed E-state index contributed by atoms with van der Waals surface area (Å²) in [7, 11) is 0. The molecule has 1 aromatic heterocycles. The summed E-state index contributed by atoms with van der Waals surface area (Å²) in [6.07, 6.45) is 1.67. The molecule has 0 amide bonds. The summed E-state index contributed by atoms with van der Waals surface area (Å²) in [5.74, 6) is 0.775. The standard InChI is InChI=1S/C15H18ClNOS/c1-11(17)9-13-3-2-4-14(16)15(13)18-7-5-12-6-8-19-10-12/h2-4,6,8,10-11H,5,7,9,17H2,1H3. The van der Waals surface area contributed by atoms with E-state index in [1.165, 1.54) is 5.56 Å². The fourth-order valence-corrected chi connectivity index (χ4v) is 2.88. The first-order valence-corrected chi connectivity index (χ1v) is 7.65. The third kappa shape index (κ3) is 4.23. The van der Waals surface area contributed by atoms with Gasteiger partial charge in [0.1, 0.15) is 5.75 Å². The van der Waals surface area contributed by atoms with Crippen molar-refractivity contribution in [3.63, 3.8) is 0 Å². The molecule has 19 heavy (non-hydrogen) atoms. The Morgan fingerprint density at radius 3 is 2.89 bits per heavy atom. The zero-order valence-electron chi connectivity index (χ0n) is 10.9. The number of hydrogen-bond acceptors (Lipinski definition) is 3. The number of hydrogen-bond donors (Lipinski definition) is 1. The van der Waals surface area contributed by atoms with Crippen LogP contribution >= 0.6 is 22.9 Å². The van der Waals surface area contributed by atoms with E-state index in [1.54, 1.807) is 11.3 Å². The van der Waals surface area contributed by atoms with Gasteiger partial charge in [0.25, 0.3) is 0 Å². The van der Waals surface area contributed by atoms with Crippen molar-refractivity contribution in [3.05, 3.63) is 51.2 Å². The molecule has 2 N–H and O–H groups in total. The predicted molar refractivity (Wildman–Crippen MR) is 82.3 cm³/mol. The lowest BCUT2D eigenvalue weighted by Crippen LogP contribution is -2.18. The van der Waals surface area contributed by atoms with Gasteiger partial charge >= 0.3 is 0 Å². The first kappa shape index (κ1) is 14.4. The summed E-state index contributed by atoms with van der Waals surface area (Å²) in [6.45, 7) is 2.61. The summed E-state index contributed by atoms with van der Waals surface area (Å²) in [5, 5.41) is 4.87. The summed E-state index contributed by atoms with van der Waals surface area (Å²) in [4.78, 5) is 0. The van der Waals surface area contributed by atoms with Crippen molar-refractivity contribution in [2.24, 2.45) is 5.73 Å². The summed E-state index contributed by atoms with van der Waals surface area (Å²) >= 11 is 7.91. The van der Waals surface area contributed by atoms with E-state index in [-0.39, 0.29) is 6.04 Å². The number of ether oxygens (including phenoxy) is 1. The van der Waals surface area contributed by atoms with Crippen molar-refractivity contribution >= 4 is 22.9 Å². The summed E-state index contributed by atoms with van der Waals surface area (Å²) < 4.78 is 5.86. The molecule has 1 atom stereocenters. The van der Waals surface area contributed by atoms with Gasteiger partial charge in [-0.15, -0.1) is 0 Å². The molecule has 1 aromatic carbocycles. The Labute approximate surface area is 123 Å². The van der Waals surface area contributed by atoms with Crippen LogP contribution in [0.25, 0.3) is 0 Å². The van der Waals surface area contributed by atoms with Crippen molar-refractivity contribution < 1.29 is 4.74 Å². The molecule has 2 nitrogen and oxygen atoms in total. The van der Waals surface area contributed by atoms with Crippen molar-refractivity contribution in [2.45, 2.75) is 25.8 Å². The molecule has 1 unspecified atom stereocenters. The molecule has 2 rings (SSSR count). The van der Waals surface area contributed by atoms with E-state index in [1.807, 2.05) is 25.1 Å². The largest absolute Gasteiger partial charge is 0.491 e. The quantitative estimate of drug-likeness (QED) is 0.877.